The molecule has 10 heteroatoms. The topological polar surface area (TPSA) is 84.0 Å². The van der Waals surface area contributed by atoms with Gasteiger partial charge in [0.1, 0.15) is 5.75 Å². The lowest BCUT2D eigenvalue weighted by Gasteiger charge is -2.15. The van der Waals surface area contributed by atoms with E-state index >= 15 is 0 Å². The number of benzene rings is 1. The Bertz CT molecular complexity index is 588. The van der Waals surface area contributed by atoms with E-state index in [-0.39, 0.29) is 24.7 Å². The zero-order valence-corrected chi connectivity index (χ0v) is 14.7. The first-order valence-electron chi connectivity index (χ1n) is 7.39. The molecule has 25 heavy (non-hydrogen) atoms. The minimum Gasteiger partial charge on any atom is -0.434 e. The van der Waals surface area contributed by atoms with Crippen molar-refractivity contribution in [2.45, 2.75) is 13.2 Å². The lowest BCUT2D eigenvalue weighted by Crippen LogP contribution is -2.43. The number of alkyl halides is 2. The van der Waals surface area contributed by atoms with Crippen LogP contribution in [0.2, 0.25) is 5.02 Å². The Hall–Kier alpha value is -2.13. The van der Waals surface area contributed by atoms with E-state index in [4.69, 9.17) is 16.3 Å². The predicted molar refractivity (Wildman–Crippen MR) is 91.2 cm³/mol. The molecule has 0 heterocycles. The molecular formula is C15H21ClF2N4O3. The van der Waals surface area contributed by atoms with Gasteiger partial charge in [0.25, 0.3) is 0 Å². The van der Waals surface area contributed by atoms with E-state index in [2.05, 4.69) is 25.7 Å². The van der Waals surface area contributed by atoms with Gasteiger partial charge in [0.15, 0.2) is 5.96 Å². The maximum atomic E-state index is 12.4. The van der Waals surface area contributed by atoms with Crippen molar-refractivity contribution < 1.29 is 23.0 Å². The van der Waals surface area contributed by atoms with Gasteiger partial charge < -0.3 is 25.4 Å². The summed E-state index contributed by atoms with van der Waals surface area (Å²) in [6.07, 6.45) is 0. The zero-order valence-electron chi connectivity index (χ0n) is 13.9. The summed E-state index contributed by atoms with van der Waals surface area (Å²) in [5, 5.41) is 8.74. The summed E-state index contributed by atoms with van der Waals surface area (Å²) in [5.74, 6) is 0.106. The second kappa shape index (κ2) is 11.4. The van der Waals surface area contributed by atoms with Crippen LogP contribution in [0.15, 0.2) is 23.2 Å². The second-order valence-electron chi connectivity index (χ2n) is 4.75. The van der Waals surface area contributed by atoms with Crippen molar-refractivity contribution in [3.63, 3.8) is 0 Å². The van der Waals surface area contributed by atoms with Gasteiger partial charge in [-0.05, 0) is 18.2 Å². The third-order valence-electron chi connectivity index (χ3n) is 2.95. The third-order valence-corrected chi connectivity index (χ3v) is 3.19. The van der Waals surface area contributed by atoms with Gasteiger partial charge in [-0.15, -0.1) is 0 Å². The van der Waals surface area contributed by atoms with E-state index < -0.39 is 6.61 Å². The molecule has 0 atom stereocenters. The molecule has 0 bridgehead atoms. The average molecular weight is 379 g/mol. The van der Waals surface area contributed by atoms with Gasteiger partial charge in [-0.2, -0.15) is 8.78 Å². The van der Waals surface area contributed by atoms with Gasteiger partial charge >= 0.3 is 6.61 Å². The highest BCUT2D eigenvalue weighted by atomic mass is 35.5. The summed E-state index contributed by atoms with van der Waals surface area (Å²) < 4.78 is 34.2. The summed E-state index contributed by atoms with van der Waals surface area (Å²) in [6.45, 7) is -1.99. The summed E-state index contributed by atoms with van der Waals surface area (Å²) in [5.41, 5.74) is 0.431. The van der Waals surface area contributed by atoms with Crippen molar-refractivity contribution in [1.82, 2.24) is 16.0 Å². The Morgan fingerprint density at radius 1 is 1.32 bits per heavy atom. The van der Waals surface area contributed by atoms with E-state index in [0.717, 1.165) is 0 Å². The molecule has 0 radical (unpaired) electrons. The van der Waals surface area contributed by atoms with E-state index in [1.54, 1.807) is 0 Å². The number of hydrogen-bond donors (Lipinski definition) is 3. The van der Waals surface area contributed by atoms with Crippen LogP contribution >= 0.6 is 11.6 Å². The molecular weight excluding hydrogens is 358 g/mol. The number of carbonyl (C=O) groups excluding carboxylic acids is 1. The van der Waals surface area contributed by atoms with Crippen LogP contribution < -0.4 is 20.7 Å². The lowest BCUT2D eigenvalue weighted by atomic mass is 10.2. The first-order valence-corrected chi connectivity index (χ1v) is 7.77. The van der Waals surface area contributed by atoms with Crippen LogP contribution in [0.5, 0.6) is 5.75 Å². The normalized spacial score (nSPS) is 11.4. The Labute approximate surface area is 149 Å². The Morgan fingerprint density at radius 2 is 2.08 bits per heavy atom. The quantitative estimate of drug-likeness (QED) is 0.343. The molecule has 0 aliphatic heterocycles. The first-order chi connectivity index (χ1) is 12.0. The van der Waals surface area contributed by atoms with Gasteiger partial charge in [0.05, 0.1) is 13.2 Å². The smallest absolute Gasteiger partial charge is 0.387 e. The van der Waals surface area contributed by atoms with Crippen LogP contribution in [0, 0.1) is 0 Å². The van der Waals surface area contributed by atoms with E-state index in [1.165, 1.54) is 32.4 Å². The van der Waals surface area contributed by atoms with E-state index in [1.807, 2.05) is 0 Å². The molecule has 0 fully saturated rings. The Kier molecular flexibility index (Phi) is 9.56. The van der Waals surface area contributed by atoms with E-state index in [9.17, 15) is 13.6 Å². The van der Waals surface area contributed by atoms with Crippen LogP contribution in [-0.2, 0) is 16.1 Å². The number of rotatable bonds is 9. The SMILES string of the molecule is CN=C(NCC(=O)NCCOC)NCc1cc(Cl)ccc1OC(F)F. The van der Waals surface area contributed by atoms with Crippen LogP contribution in [0.4, 0.5) is 8.78 Å². The number of guanidine groups is 1. The molecule has 1 aromatic rings. The van der Waals surface area contributed by atoms with Crippen molar-refractivity contribution in [1.29, 1.82) is 0 Å². The highest BCUT2D eigenvalue weighted by molar-refractivity contribution is 6.30. The Balaban J connectivity index is 2.54. The maximum Gasteiger partial charge on any atom is 0.387 e. The molecule has 7 nitrogen and oxygen atoms in total. The van der Waals surface area contributed by atoms with Crippen molar-refractivity contribution in [3.05, 3.63) is 28.8 Å². The molecule has 0 aliphatic carbocycles. The highest BCUT2D eigenvalue weighted by Crippen LogP contribution is 2.24. The second-order valence-corrected chi connectivity index (χ2v) is 5.19. The number of nitrogens with one attached hydrogen (secondary N) is 3. The number of hydrogen-bond acceptors (Lipinski definition) is 4. The minimum absolute atomic E-state index is 0.000670. The average Bonchev–Trinajstić information content (AvgIpc) is 2.57. The van der Waals surface area contributed by atoms with Crippen LogP contribution in [-0.4, -0.2) is 52.3 Å². The number of nitrogens with zero attached hydrogens (tertiary/aromatic N) is 1. The predicted octanol–water partition coefficient (Wildman–Crippen LogP) is 1.37. The molecule has 0 saturated heterocycles. The van der Waals surface area contributed by atoms with Crippen LogP contribution in [0.25, 0.3) is 0 Å². The number of methoxy groups -OCH3 is 1. The monoisotopic (exact) mass is 378 g/mol. The third kappa shape index (κ3) is 8.50. The fraction of sp³-hybridized carbons (Fsp3) is 0.467. The van der Waals surface area contributed by atoms with Crippen molar-refractivity contribution in [2.24, 2.45) is 4.99 Å². The maximum absolute atomic E-state index is 12.4. The number of ether oxygens (including phenoxy) is 2. The van der Waals surface area contributed by atoms with Gasteiger partial charge in [-0.25, -0.2) is 0 Å². The Morgan fingerprint density at radius 3 is 2.72 bits per heavy atom. The number of aliphatic imine (C=N–C) groups is 1. The van der Waals surface area contributed by atoms with Crippen molar-refractivity contribution in [2.75, 3.05) is 33.9 Å². The number of halogens is 3. The van der Waals surface area contributed by atoms with Gasteiger partial charge in [0, 0.05) is 37.8 Å². The molecule has 0 aliphatic rings. The molecule has 0 aromatic heterocycles. The lowest BCUT2D eigenvalue weighted by molar-refractivity contribution is -0.120. The molecule has 1 aromatic carbocycles. The van der Waals surface area contributed by atoms with Gasteiger partial charge in [0.2, 0.25) is 5.91 Å². The fourth-order valence-corrected chi connectivity index (χ4v) is 2.01. The standard InChI is InChI=1S/C15H21ClF2N4O3/c1-19-15(22-9-13(23)20-5-6-24-2)21-8-10-7-11(16)3-4-12(10)25-14(17)18/h3-4,7,14H,5-6,8-9H2,1-2H3,(H,20,23)(H2,19,21,22). The molecule has 3 N–H and O–H groups in total. The fourth-order valence-electron chi connectivity index (χ4n) is 1.82. The van der Waals surface area contributed by atoms with Crippen LogP contribution in [0.1, 0.15) is 5.56 Å². The summed E-state index contributed by atoms with van der Waals surface area (Å²) in [4.78, 5) is 15.6. The summed E-state index contributed by atoms with van der Waals surface area (Å²) in [7, 11) is 3.06. The summed E-state index contributed by atoms with van der Waals surface area (Å²) in [6, 6.07) is 4.34. The van der Waals surface area contributed by atoms with Crippen molar-refractivity contribution >= 4 is 23.5 Å². The number of amides is 1. The number of carbonyl (C=O) groups is 1. The molecule has 1 rings (SSSR count). The zero-order chi connectivity index (χ0) is 18.7. The molecule has 0 spiro atoms. The minimum atomic E-state index is -2.94. The van der Waals surface area contributed by atoms with Gasteiger partial charge in [-0.1, -0.05) is 11.6 Å². The molecule has 0 unspecified atom stereocenters. The largest absolute Gasteiger partial charge is 0.434 e. The summed E-state index contributed by atoms with van der Waals surface area (Å²) >= 11 is 5.89. The van der Waals surface area contributed by atoms with Gasteiger partial charge in [-0.3, -0.25) is 9.79 Å². The first kappa shape index (κ1) is 20.9. The van der Waals surface area contributed by atoms with Crippen molar-refractivity contribution in [3.8, 4) is 5.75 Å². The molecule has 1 amide bonds. The molecule has 140 valence electrons. The highest BCUT2D eigenvalue weighted by Gasteiger charge is 2.11. The van der Waals surface area contributed by atoms with E-state index in [0.29, 0.717) is 29.7 Å². The van der Waals surface area contributed by atoms with Crippen LogP contribution in [0.3, 0.4) is 0 Å². The molecule has 0 saturated carbocycles.